The Labute approximate surface area is 178 Å². The zero-order chi connectivity index (χ0) is 21.3. The first-order valence-corrected chi connectivity index (χ1v) is 11.3. The van der Waals surface area contributed by atoms with Gasteiger partial charge in [0.25, 0.3) is 5.56 Å². The molecule has 9 heteroatoms. The number of nitrogens with one attached hydrogen (secondary N) is 1. The van der Waals surface area contributed by atoms with Crippen LogP contribution in [-0.2, 0) is 25.4 Å². The molecule has 0 radical (unpaired) electrons. The monoisotopic (exact) mass is 429 g/mol. The number of hydrogen-bond donors (Lipinski definition) is 1. The standard InChI is InChI=1S/C21H27N5O3S/c1-24-19-18(20(28)25(2)21(24)29)26(13-22-19)11-5-10-16(27)23-17(14-7-3-4-8-14)15-9-6-12-30-15/h6,9,12-14,17H,3-5,7-8,10-11H2,1-2H3,(H,23,27)/t17-/m1/s1. The molecule has 8 nitrogen and oxygen atoms in total. The maximum Gasteiger partial charge on any atom is 0.332 e. The number of aryl methyl sites for hydroxylation is 2. The van der Waals surface area contributed by atoms with Crippen molar-refractivity contribution in [3.63, 3.8) is 0 Å². The van der Waals surface area contributed by atoms with Crippen LogP contribution in [0.4, 0.5) is 0 Å². The number of fused-ring (bicyclic) bond motifs is 1. The molecule has 1 saturated carbocycles. The maximum atomic E-state index is 12.7. The van der Waals surface area contributed by atoms with Gasteiger partial charge < -0.3 is 9.88 Å². The summed E-state index contributed by atoms with van der Waals surface area (Å²) in [5.74, 6) is 0.541. The van der Waals surface area contributed by atoms with E-state index in [-0.39, 0.29) is 17.5 Å². The van der Waals surface area contributed by atoms with Crippen LogP contribution < -0.4 is 16.6 Å². The average molecular weight is 430 g/mol. The van der Waals surface area contributed by atoms with Gasteiger partial charge in [-0.1, -0.05) is 18.9 Å². The molecule has 1 aliphatic rings. The summed E-state index contributed by atoms with van der Waals surface area (Å²) in [4.78, 5) is 42.7. The Morgan fingerprint density at radius 1 is 1.27 bits per heavy atom. The summed E-state index contributed by atoms with van der Waals surface area (Å²) < 4.78 is 4.19. The highest BCUT2D eigenvalue weighted by Crippen LogP contribution is 2.37. The Kier molecular flexibility index (Phi) is 5.90. The van der Waals surface area contributed by atoms with Gasteiger partial charge >= 0.3 is 5.69 Å². The summed E-state index contributed by atoms with van der Waals surface area (Å²) in [6.07, 6.45) is 7.31. The van der Waals surface area contributed by atoms with Crippen molar-refractivity contribution in [3.8, 4) is 0 Å². The molecular weight excluding hydrogens is 402 g/mol. The van der Waals surface area contributed by atoms with Gasteiger partial charge in [0.15, 0.2) is 11.2 Å². The molecule has 0 spiro atoms. The van der Waals surface area contributed by atoms with Crippen molar-refractivity contribution in [2.45, 2.75) is 51.1 Å². The maximum absolute atomic E-state index is 12.7. The van der Waals surface area contributed by atoms with Crippen LogP contribution in [-0.4, -0.2) is 24.6 Å². The quantitative estimate of drug-likeness (QED) is 0.624. The SMILES string of the molecule is Cn1c(=O)c2c(ncn2CCCC(=O)N[C@@H](c2cccs2)C2CCCC2)n(C)c1=O. The van der Waals surface area contributed by atoms with E-state index in [0.29, 0.717) is 36.5 Å². The van der Waals surface area contributed by atoms with E-state index in [2.05, 4.69) is 21.7 Å². The van der Waals surface area contributed by atoms with E-state index < -0.39 is 5.69 Å². The molecule has 0 saturated heterocycles. The molecular formula is C21H27N5O3S. The Balaban J connectivity index is 1.42. The second-order valence-corrected chi connectivity index (χ2v) is 9.00. The third-order valence-electron chi connectivity index (χ3n) is 6.06. The van der Waals surface area contributed by atoms with Crippen LogP contribution >= 0.6 is 11.3 Å². The average Bonchev–Trinajstić information content (AvgIpc) is 3.50. The van der Waals surface area contributed by atoms with Crippen molar-refractivity contribution in [3.05, 3.63) is 49.6 Å². The molecule has 1 atom stereocenters. The largest absolute Gasteiger partial charge is 0.348 e. The van der Waals surface area contributed by atoms with Gasteiger partial charge in [0, 0.05) is 31.9 Å². The van der Waals surface area contributed by atoms with Crippen molar-refractivity contribution in [1.82, 2.24) is 24.0 Å². The molecule has 30 heavy (non-hydrogen) atoms. The van der Waals surface area contributed by atoms with Gasteiger partial charge in [0.1, 0.15) is 0 Å². The number of amides is 1. The van der Waals surface area contributed by atoms with E-state index >= 15 is 0 Å². The van der Waals surface area contributed by atoms with Crippen LogP contribution in [0, 0.1) is 5.92 Å². The zero-order valence-corrected chi connectivity index (χ0v) is 18.2. The summed E-state index contributed by atoms with van der Waals surface area (Å²) in [6, 6.07) is 4.23. The zero-order valence-electron chi connectivity index (χ0n) is 17.3. The summed E-state index contributed by atoms with van der Waals surface area (Å²) in [7, 11) is 3.06. The van der Waals surface area contributed by atoms with Gasteiger partial charge in [-0.3, -0.25) is 18.7 Å². The summed E-state index contributed by atoms with van der Waals surface area (Å²) in [5, 5.41) is 5.31. The molecule has 0 unspecified atom stereocenters. The number of nitrogens with zero attached hydrogens (tertiary/aromatic N) is 4. The lowest BCUT2D eigenvalue weighted by Gasteiger charge is -2.24. The molecule has 160 valence electrons. The van der Waals surface area contributed by atoms with E-state index in [1.807, 2.05) is 6.07 Å². The number of hydrogen-bond acceptors (Lipinski definition) is 5. The minimum absolute atomic E-state index is 0.0324. The van der Waals surface area contributed by atoms with Gasteiger partial charge in [-0.15, -0.1) is 11.3 Å². The Morgan fingerprint density at radius 3 is 2.73 bits per heavy atom. The number of carbonyl (C=O) groups is 1. The molecule has 3 heterocycles. The summed E-state index contributed by atoms with van der Waals surface area (Å²) in [6.45, 7) is 0.491. The topological polar surface area (TPSA) is 90.9 Å². The van der Waals surface area contributed by atoms with E-state index in [9.17, 15) is 14.4 Å². The molecule has 0 aliphatic heterocycles. The van der Waals surface area contributed by atoms with Crippen LogP contribution in [0.5, 0.6) is 0 Å². The van der Waals surface area contributed by atoms with Crippen LogP contribution in [0.25, 0.3) is 11.2 Å². The molecule has 3 aromatic rings. The number of aromatic nitrogens is 4. The van der Waals surface area contributed by atoms with E-state index in [4.69, 9.17) is 0 Å². The number of rotatable bonds is 7. The fraction of sp³-hybridized carbons (Fsp3) is 0.524. The van der Waals surface area contributed by atoms with Crippen LogP contribution in [0.15, 0.2) is 33.4 Å². The molecule has 4 rings (SSSR count). The van der Waals surface area contributed by atoms with Crippen molar-refractivity contribution in [2.75, 3.05) is 0 Å². The van der Waals surface area contributed by atoms with Gasteiger partial charge in [-0.2, -0.15) is 0 Å². The molecule has 0 bridgehead atoms. The predicted molar refractivity (Wildman–Crippen MR) is 117 cm³/mol. The highest BCUT2D eigenvalue weighted by atomic mass is 32.1. The van der Waals surface area contributed by atoms with Crippen molar-refractivity contribution in [2.24, 2.45) is 20.0 Å². The molecule has 1 amide bonds. The van der Waals surface area contributed by atoms with Crippen LogP contribution in [0.1, 0.15) is 49.4 Å². The minimum atomic E-state index is -0.399. The van der Waals surface area contributed by atoms with Crippen LogP contribution in [0.3, 0.4) is 0 Å². The van der Waals surface area contributed by atoms with Crippen molar-refractivity contribution in [1.29, 1.82) is 0 Å². The Bertz CT molecular complexity index is 1150. The molecule has 1 fully saturated rings. The fourth-order valence-electron chi connectivity index (χ4n) is 4.40. The highest BCUT2D eigenvalue weighted by Gasteiger charge is 2.28. The lowest BCUT2D eigenvalue weighted by atomic mass is 9.96. The van der Waals surface area contributed by atoms with E-state index in [0.717, 1.165) is 17.4 Å². The third kappa shape index (κ3) is 3.86. The number of carbonyl (C=O) groups excluding carboxylic acids is 1. The lowest BCUT2D eigenvalue weighted by molar-refractivity contribution is -0.122. The lowest BCUT2D eigenvalue weighted by Crippen LogP contribution is -2.37. The third-order valence-corrected chi connectivity index (χ3v) is 7.01. The molecule has 3 aromatic heterocycles. The minimum Gasteiger partial charge on any atom is -0.348 e. The van der Waals surface area contributed by atoms with Crippen molar-refractivity contribution >= 4 is 28.4 Å². The van der Waals surface area contributed by atoms with E-state index in [1.165, 1.54) is 29.3 Å². The predicted octanol–water partition coefficient (Wildman–Crippen LogP) is 2.32. The second kappa shape index (κ2) is 8.59. The van der Waals surface area contributed by atoms with Crippen molar-refractivity contribution < 1.29 is 4.79 Å². The first-order valence-electron chi connectivity index (χ1n) is 10.4. The molecule has 0 aromatic carbocycles. The van der Waals surface area contributed by atoms with Crippen LogP contribution in [0.2, 0.25) is 0 Å². The first-order chi connectivity index (χ1) is 14.5. The number of imidazole rings is 1. The van der Waals surface area contributed by atoms with Gasteiger partial charge in [0.2, 0.25) is 5.91 Å². The van der Waals surface area contributed by atoms with Gasteiger partial charge in [0.05, 0.1) is 12.4 Å². The summed E-state index contributed by atoms with van der Waals surface area (Å²) >= 11 is 1.70. The Morgan fingerprint density at radius 2 is 2.03 bits per heavy atom. The Hall–Kier alpha value is -2.68. The second-order valence-electron chi connectivity index (χ2n) is 8.02. The van der Waals surface area contributed by atoms with Gasteiger partial charge in [-0.05, 0) is 36.6 Å². The van der Waals surface area contributed by atoms with E-state index in [1.54, 1.807) is 29.3 Å². The smallest absolute Gasteiger partial charge is 0.332 e. The normalized spacial score (nSPS) is 15.7. The highest BCUT2D eigenvalue weighted by molar-refractivity contribution is 7.10. The molecule has 1 aliphatic carbocycles. The first kappa shape index (κ1) is 20.6. The summed E-state index contributed by atoms with van der Waals surface area (Å²) in [5.41, 5.74) is -0.00771. The fourth-order valence-corrected chi connectivity index (χ4v) is 5.27. The molecule has 1 N–H and O–H groups in total. The number of thiophene rings is 1. The van der Waals surface area contributed by atoms with Gasteiger partial charge in [-0.25, -0.2) is 9.78 Å².